The molecular weight excluding hydrogens is 460 g/mol. The first-order valence-corrected chi connectivity index (χ1v) is 11.7. The molecular formula is C21H19ClN2O5S2. The molecule has 0 unspecified atom stereocenters. The monoisotopic (exact) mass is 478 g/mol. The number of nitrogens with one attached hydrogen (secondary N) is 1. The summed E-state index contributed by atoms with van der Waals surface area (Å²) in [5.41, 5.74) is 1.79. The Kier molecular flexibility index (Phi) is 6.99. The number of amides is 1. The van der Waals surface area contributed by atoms with Crippen LogP contribution in [0.5, 0.6) is 0 Å². The molecule has 0 saturated heterocycles. The lowest BCUT2D eigenvalue weighted by molar-refractivity contribution is -0.114. The lowest BCUT2D eigenvalue weighted by Gasteiger charge is -2.24. The molecule has 10 heteroatoms. The van der Waals surface area contributed by atoms with Gasteiger partial charge in [-0.05, 0) is 54.8 Å². The van der Waals surface area contributed by atoms with Crippen LogP contribution in [0.4, 0.5) is 11.4 Å². The van der Waals surface area contributed by atoms with Crippen molar-refractivity contribution in [3.8, 4) is 0 Å². The first-order chi connectivity index (χ1) is 14.7. The Hall–Kier alpha value is -2.88. The second-order valence-corrected chi connectivity index (χ2v) is 9.69. The number of sulfonamides is 1. The molecule has 0 radical (unpaired) electrons. The number of halogens is 1. The van der Waals surface area contributed by atoms with Gasteiger partial charge in [-0.3, -0.25) is 9.10 Å². The molecule has 1 aromatic heterocycles. The molecule has 0 fully saturated rings. The highest BCUT2D eigenvalue weighted by atomic mass is 35.5. The second kappa shape index (κ2) is 9.51. The number of anilines is 2. The van der Waals surface area contributed by atoms with Crippen LogP contribution in [0.3, 0.4) is 0 Å². The number of methoxy groups -OCH3 is 1. The van der Waals surface area contributed by atoms with Gasteiger partial charge < -0.3 is 10.1 Å². The van der Waals surface area contributed by atoms with Gasteiger partial charge in [0.15, 0.2) is 0 Å². The minimum atomic E-state index is -4.26. The van der Waals surface area contributed by atoms with Crippen LogP contribution in [-0.2, 0) is 19.6 Å². The molecule has 0 aliphatic carbocycles. The van der Waals surface area contributed by atoms with E-state index < -0.39 is 28.4 Å². The molecule has 0 bridgehead atoms. The zero-order valence-corrected chi connectivity index (χ0v) is 19.1. The number of ether oxygens (including phenoxy) is 1. The standard InChI is InChI=1S/C21H19ClN2O5S2/c1-14-3-7-16(8-4-14)23-19(25)13-24(17-9-5-15(22)6-10-17)31(27,28)18-11-12-30-20(18)21(26)29-2/h3-12H,13H2,1-2H3,(H,23,25). The molecule has 0 spiro atoms. The van der Waals surface area contributed by atoms with Gasteiger partial charge in [0.1, 0.15) is 16.3 Å². The molecule has 0 atom stereocenters. The summed E-state index contributed by atoms with van der Waals surface area (Å²) in [6, 6.07) is 14.4. The van der Waals surface area contributed by atoms with E-state index in [1.807, 2.05) is 19.1 Å². The topological polar surface area (TPSA) is 92.8 Å². The predicted octanol–water partition coefficient (Wildman–Crippen LogP) is 4.33. The highest BCUT2D eigenvalue weighted by molar-refractivity contribution is 7.93. The van der Waals surface area contributed by atoms with E-state index in [4.69, 9.17) is 16.3 Å². The van der Waals surface area contributed by atoms with Crippen LogP contribution < -0.4 is 9.62 Å². The average molecular weight is 479 g/mol. The largest absolute Gasteiger partial charge is 0.465 e. The number of rotatable bonds is 7. The van der Waals surface area contributed by atoms with Crippen molar-refractivity contribution in [2.45, 2.75) is 11.8 Å². The fourth-order valence-electron chi connectivity index (χ4n) is 2.75. The Morgan fingerprint density at radius 2 is 1.71 bits per heavy atom. The van der Waals surface area contributed by atoms with E-state index in [9.17, 15) is 18.0 Å². The number of hydrogen-bond donors (Lipinski definition) is 1. The molecule has 2 aromatic carbocycles. The summed E-state index contributed by atoms with van der Waals surface area (Å²) in [6.07, 6.45) is 0. The second-order valence-electron chi connectivity index (χ2n) is 6.51. The number of carbonyl (C=O) groups is 2. The molecule has 162 valence electrons. The van der Waals surface area contributed by atoms with Crippen molar-refractivity contribution in [1.29, 1.82) is 0 Å². The van der Waals surface area contributed by atoms with Gasteiger partial charge in [-0.1, -0.05) is 29.3 Å². The van der Waals surface area contributed by atoms with Gasteiger partial charge >= 0.3 is 5.97 Å². The first-order valence-electron chi connectivity index (χ1n) is 9.03. The summed E-state index contributed by atoms with van der Waals surface area (Å²) in [5, 5.41) is 4.58. The van der Waals surface area contributed by atoms with E-state index in [1.54, 1.807) is 12.1 Å². The lowest BCUT2D eigenvalue weighted by atomic mass is 10.2. The van der Waals surface area contributed by atoms with Gasteiger partial charge in [0.2, 0.25) is 5.91 Å². The van der Waals surface area contributed by atoms with Gasteiger partial charge in [0.25, 0.3) is 10.0 Å². The van der Waals surface area contributed by atoms with E-state index in [2.05, 4.69) is 5.32 Å². The number of nitrogens with zero attached hydrogens (tertiary/aromatic N) is 1. The van der Waals surface area contributed by atoms with Gasteiger partial charge in [-0.25, -0.2) is 13.2 Å². The predicted molar refractivity (Wildman–Crippen MR) is 121 cm³/mol. The van der Waals surface area contributed by atoms with Crippen LogP contribution in [0.15, 0.2) is 64.9 Å². The summed E-state index contributed by atoms with van der Waals surface area (Å²) in [4.78, 5) is 24.4. The van der Waals surface area contributed by atoms with Crippen LogP contribution in [0.1, 0.15) is 15.2 Å². The quantitative estimate of drug-likeness (QED) is 0.510. The van der Waals surface area contributed by atoms with Crippen molar-refractivity contribution in [3.63, 3.8) is 0 Å². The van der Waals surface area contributed by atoms with E-state index in [0.29, 0.717) is 10.7 Å². The Balaban J connectivity index is 1.97. The van der Waals surface area contributed by atoms with Crippen LogP contribution in [0.2, 0.25) is 5.02 Å². The third kappa shape index (κ3) is 5.25. The normalized spacial score (nSPS) is 11.1. The maximum atomic E-state index is 13.5. The highest BCUT2D eigenvalue weighted by Gasteiger charge is 2.32. The number of carbonyl (C=O) groups excluding carboxylic acids is 2. The maximum Gasteiger partial charge on any atom is 0.349 e. The number of hydrogen-bond acceptors (Lipinski definition) is 6. The molecule has 1 heterocycles. The molecule has 0 saturated carbocycles. The molecule has 31 heavy (non-hydrogen) atoms. The Morgan fingerprint density at radius 1 is 1.06 bits per heavy atom. The lowest BCUT2D eigenvalue weighted by Crippen LogP contribution is -2.38. The van der Waals surface area contributed by atoms with E-state index in [1.165, 1.54) is 42.8 Å². The molecule has 1 N–H and O–H groups in total. The Morgan fingerprint density at radius 3 is 2.32 bits per heavy atom. The number of benzene rings is 2. The Bertz CT molecular complexity index is 1190. The molecule has 3 rings (SSSR count). The minimum absolute atomic E-state index is 0.0691. The van der Waals surface area contributed by atoms with Crippen molar-refractivity contribution in [1.82, 2.24) is 0 Å². The first kappa shape index (κ1) is 22.8. The third-order valence-corrected chi connectivity index (χ3v) is 7.40. The van der Waals surface area contributed by atoms with Crippen LogP contribution in [0, 0.1) is 6.92 Å². The molecule has 0 aliphatic heterocycles. The van der Waals surface area contributed by atoms with Gasteiger partial charge in [0.05, 0.1) is 12.8 Å². The number of thiophene rings is 1. The fourth-order valence-corrected chi connectivity index (χ4v) is 5.61. The van der Waals surface area contributed by atoms with Crippen LogP contribution >= 0.6 is 22.9 Å². The Labute approximate surface area is 189 Å². The molecule has 0 aliphatic rings. The SMILES string of the molecule is COC(=O)c1sccc1S(=O)(=O)N(CC(=O)Nc1ccc(C)cc1)c1ccc(Cl)cc1. The molecule has 3 aromatic rings. The van der Waals surface area contributed by atoms with Crippen LogP contribution in [-0.4, -0.2) is 33.9 Å². The van der Waals surface area contributed by atoms with Crippen molar-refractivity contribution < 1.29 is 22.7 Å². The van der Waals surface area contributed by atoms with Crippen molar-refractivity contribution in [2.75, 3.05) is 23.3 Å². The smallest absolute Gasteiger partial charge is 0.349 e. The van der Waals surface area contributed by atoms with Gasteiger partial charge in [-0.15, -0.1) is 11.3 Å². The summed E-state index contributed by atoms with van der Waals surface area (Å²) < 4.78 is 32.6. The molecule has 1 amide bonds. The van der Waals surface area contributed by atoms with Crippen molar-refractivity contribution >= 4 is 56.2 Å². The third-order valence-electron chi connectivity index (χ3n) is 4.31. The van der Waals surface area contributed by atoms with E-state index in [-0.39, 0.29) is 15.5 Å². The highest BCUT2D eigenvalue weighted by Crippen LogP contribution is 2.30. The van der Waals surface area contributed by atoms with Gasteiger partial charge in [0, 0.05) is 10.7 Å². The summed E-state index contributed by atoms with van der Waals surface area (Å²) >= 11 is 6.88. The zero-order chi connectivity index (χ0) is 22.6. The number of aryl methyl sites for hydroxylation is 1. The summed E-state index contributed by atoms with van der Waals surface area (Å²) in [7, 11) is -3.09. The summed E-state index contributed by atoms with van der Waals surface area (Å²) in [5.74, 6) is -1.31. The average Bonchev–Trinajstić information content (AvgIpc) is 3.25. The fraction of sp³-hybridized carbons (Fsp3) is 0.143. The van der Waals surface area contributed by atoms with E-state index in [0.717, 1.165) is 21.2 Å². The van der Waals surface area contributed by atoms with Crippen molar-refractivity contribution in [3.05, 3.63) is 75.4 Å². The molecule has 7 nitrogen and oxygen atoms in total. The minimum Gasteiger partial charge on any atom is -0.465 e. The summed E-state index contributed by atoms with van der Waals surface area (Å²) in [6.45, 7) is 1.41. The van der Waals surface area contributed by atoms with Crippen LogP contribution in [0.25, 0.3) is 0 Å². The van der Waals surface area contributed by atoms with Crippen molar-refractivity contribution in [2.24, 2.45) is 0 Å². The number of esters is 1. The van der Waals surface area contributed by atoms with Gasteiger partial charge in [-0.2, -0.15) is 0 Å². The van der Waals surface area contributed by atoms with E-state index >= 15 is 0 Å². The maximum absolute atomic E-state index is 13.5. The zero-order valence-electron chi connectivity index (χ0n) is 16.7.